The molecule has 0 fully saturated rings. The Labute approximate surface area is 145 Å². The predicted octanol–water partition coefficient (Wildman–Crippen LogP) is 2.06. The van der Waals surface area contributed by atoms with Crippen LogP contribution in [0.4, 0.5) is 0 Å². The summed E-state index contributed by atoms with van der Waals surface area (Å²) in [6, 6.07) is 0. The number of aliphatic imine (C=N–C) groups is 1. The average molecular weight is 408 g/mol. The van der Waals surface area contributed by atoms with Crippen LogP contribution in [-0.4, -0.2) is 40.9 Å². The second kappa shape index (κ2) is 11.8. The molecule has 6 nitrogen and oxygen atoms in total. The van der Waals surface area contributed by atoms with Crippen LogP contribution < -0.4 is 10.6 Å². The molecule has 21 heavy (non-hydrogen) atoms. The van der Waals surface area contributed by atoms with Crippen molar-refractivity contribution >= 4 is 29.9 Å². The molecule has 0 atom stereocenters. The summed E-state index contributed by atoms with van der Waals surface area (Å²) in [5.41, 5.74) is 0. The van der Waals surface area contributed by atoms with E-state index in [4.69, 9.17) is 0 Å². The lowest BCUT2D eigenvalue weighted by Gasteiger charge is -2.17. The lowest BCUT2D eigenvalue weighted by molar-refractivity contribution is 0.480. The third kappa shape index (κ3) is 7.10. The van der Waals surface area contributed by atoms with Crippen molar-refractivity contribution in [1.82, 2.24) is 25.4 Å². The van der Waals surface area contributed by atoms with Gasteiger partial charge >= 0.3 is 0 Å². The molecule has 0 saturated heterocycles. The molecule has 0 aliphatic rings. The van der Waals surface area contributed by atoms with Crippen molar-refractivity contribution in [3.8, 4) is 0 Å². The maximum Gasteiger partial charge on any atom is 0.191 e. The largest absolute Gasteiger partial charge is 0.356 e. The molecule has 1 heterocycles. The van der Waals surface area contributed by atoms with Crippen LogP contribution in [0.3, 0.4) is 0 Å². The number of rotatable bonds is 8. The van der Waals surface area contributed by atoms with Crippen LogP contribution in [0, 0.1) is 5.92 Å². The fourth-order valence-electron chi connectivity index (χ4n) is 2.07. The van der Waals surface area contributed by atoms with E-state index >= 15 is 0 Å². The quantitative estimate of drug-likeness (QED) is 0.393. The minimum atomic E-state index is 0. The Morgan fingerprint density at radius 3 is 2.57 bits per heavy atom. The molecule has 0 radical (unpaired) electrons. The third-order valence-electron chi connectivity index (χ3n) is 3.59. The monoisotopic (exact) mass is 408 g/mol. The maximum atomic E-state index is 4.24. The second-order valence-electron chi connectivity index (χ2n) is 4.86. The lowest BCUT2D eigenvalue weighted by atomic mass is 10.0. The van der Waals surface area contributed by atoms with Gasteiger partial charge in [0.15, 0.2) is 5.96 Å². The van der Waals surface area contributed by atoms with Gasteiger partial charge in [-0.2, -0.15) is 0 Å². The summed E-state index contributed by atoms with van der Waals surface area (Å²) in [5, 5.41) is 14.7. The van der Waals surface area contributed by atoms with Crippen molar-refractivity contribution in [2.45, 2.75) is 46.6 Å². The summed E-state index contributed by atoms with van der Waals surface area (Å²) in [7, 11) is 1.80. The van der Waals surface area contributed by atoms with E-state index in [1.54, 1.807) is 13.4 Å². The highest BCUT2D eigenvalue weighted by Gasteiger charge is 2.05. The standard InChI is InChI=1S/C14H28N6.HI/c1-5-12(6-2)10-17-14(15-4)16-8-9-20-11-18-19-13(20)7-3;/h11-12H,5-10H2,1-4H3,(H2,15,16,17);1H. The lowest BCUT2D eigenvalue weighted by Crippen LogP contribution is -2.41. The number of halogens is 1. The molecule has 122 valence electrons. The fourth-order valence-corrected chi connectivity index (χ4v) is 2.07. The van der Waals surface area contributed by atoms with Crippen LogP contribution in [-0.2, 0) is 13.0 Å². The number of aryl methyl sites for hydroxylation is 1. The summed E-state index contributed by atoms with van der Waals surface area (Å²) in [5.74, 6) is 2.59. The molecule has 0 amide bonds. The molecule has 0 aliphatic carbocycles. The van der Waals surface area contributed by atoms with E-state index in [1.165, 1.54) is 12.8 Å². The summed E-state index contributed by atoms with van der Waals surface area (Å²) in [4.78, 5) is 4.24. The van der Waals surface area contributed by atoms with Gasteiger partial charge in [-0.15, -0.1) is 34.2 Å². The molecular weight excluding hydrogens is 379 g/mol. The normalized spacial score (nSPS) is 11.4. The fraction of sp³-hybridized carbons (Fsp3) is 0.786. The Morgan fingerprint density at radius 1 is 1.29 bits per heavy atom. The molecule has 0 aromatic carbocycles. The van der Waals surface area contributed by atoms with E-state index in [-0.39, 0.29) is 24.0 Å². The number of guanidine groups is 1. The van der Waals surface area contributed by atoms with Crippen molar-refractivity contribution < 1.29 is 0 Å². The van der Waals surface area contributed by atoms with E-state index in [1.807, 2.05) is 0 Å². The van der Waals surface area contributed by atoms with E-state index in [0.29, 0.717) is 5.92 Å². The van der Waals surface area contributed by atoms with Gasteiger partial charge in [-0.25, -0.2) is 0 Å². The van der Waals surface area contributed by atoms with Gasteiger partial charge < -0.3 is 15.2 Å². The van der Waals surface area contributed by atoms with Crippen molar-refractivity contribution in [1.29, 1.82) is 0 Å². The predicted molar refractivity (Wildman–Crippen MR) is 98.3 cm³/mol. The van der Waals surface area contributed by atoms with Gasteiger partial charge in [0.2, 0.25) is 0 Å². The van der Waals surface area contributed by atoms with Crippen LogP contribution in [0.2, 0.25) is 0 Å². The van der Waals surface area contributed by atoms with Crippen LogP contribution in [0.5, 0.6) is 0 Å². The summed E-state index contributed by atoms with van der Waals surface area (Å²) in [6.45, 7) is 9.17. The molecule has 1 aromatic rings. The number of aromatic nitrogens is 3. The van der Waals surface area contributed by atoms with Gasteiger partial charge in [0.05, 0.1) is 0 Å². The van der Waals surface area contributed by atoms with Gasteiger partial charge in [0.25, 0.3) is 0 Å². The zero-order valence-corrected chi connectivity index (χ0v) is 15.9. The van der Waals surface area contributed by atoms with Crippen LogP contribution >= 0.6 is 24.0 Å². The average Bonchev–Trinajstić information content (AvgIpc) is 2.93. The SMILES string of the molecule is CCc1nncn1CCNC(=NC)NCC(CC)CC.I. The molecule has 0 aliphatic heterocycles. The molecule has 1 aromatic heterocycles. The molecule has 1 rings (SSSR count). The van der Waals surface area contributed by atoms with Crippen LogP contribution in [0.15, 0.2) is 11.3 Å². The summed E-state index contributed by atoms with van der Waals surface area (Å²) >= 11 is 0. The first-order valence-corrected chi connectivity index (χ1v) is 7.56. The van der Waals surface area contributed by atoms with Gasteiger partial charge in [-0.1, -0.05) is 33.6 Å². The molecule has 7 heteroatoms. The first kappa shape index (κ1) is 20.1. The number of nitrogens with one attached hydrogen (secondary N) is 2. The minimum absolute atomic E-state index is 0. The van der Waals surface area contributed by atoms with Gasteiger partial charge in [-0.05, 0) is 5.92 Å². The Bertz CT molecular complexity index is 400. The van der Waals surface area contributed by atoms with Gasteiger partial charge in [0.1, 0.15) is 12.2 Å². The first-order chi connectivity index (χ1) is 9.74. The highest BCUT2D eigenvalue weighted by Crippen LogP contribution is 2.04. The molecule has 0 spiro atoms. The van der Waals surface area contributed by atoms with Crippen molar-refractivity contribution in [3.05, 3.63) is 12.2 Å². The highest BCUT2D eigenvalue weighted by atomic mass is 127. The second-order valence-corrected chi connectivity index (χ2v) is 4.86. The summed E-state index contributed by atoms with van der Waals surface area (Å²) in [6.07, 6.45) is 5.07. The van der Waals surface area contributed by atoms with E-state index in [2.05, 4.69) is 51.2 Å². The van der Waals surface area contributed by atoms with Crippen LogP contribution in [0.25, 0.3) is 0 Å². The molecule has 0 saturated carbocycles. The van der Waals surface area contributed by atoms with Crippen LogP contribution in [0.1, 0.15) is 39.4 Å². The zero-order valence-electron chi connectivity index (χ0n) is 13.6. The summed E-state index contributed by atoms with van der Waals surface area (Å²) < 4.78 is 2.07. The third-order valence-corrected chi connectivity index (χ3v) is 3.59. The number of nitrogens with zero attached hydrogens (tertiary/aromatic N) is 4. The zero-order chi connectivity index (χ0) is 14.8. The highest BCUT2D eigenvalue weighted by molar-refractivity contribution is 14.0. The smallest absolute Gasteiger partial charge is 0.191 e. The van der Waals surface area contributed by atoms with Gasteiger partial charge in [0, 0.05) is 33.1 Å². The minimum Gasteiger partial charge on any atom is -0.356 e. The Morgan fingerprint density at radius 2 is 2.00 bits per heavy atom. The first-order valence-electron chi connectivity index (χ1n) is 7.56. The Kier molecular flexibility index (Phi) is 11.3. The van der Waals surface area contributed by atoms with E-state index < -0.39 is 0 Å². The van der Waals surface area contributed by atoms with Crippen molar-refractivity contribution in [3.63, 3.8) is 0 Å². The topological polar surface area (TPSA) is 67.1 Å². The van der Waals surface area contributed by atoms with Crippen molar-refractivity contribution in [2.24, 2.45) is 10.9 Å². The van der Waals surface area contributed by atoms with Gasteiger partial charge in [-0.3, -0.25) is 4.99 Å². The molecule has 2 N–H and O–H groups in total. The number of hydrogen-bond donors (Lipinski definition) is 2. The number of hydrogen-bond acceptors (Lipinski definition) is 3. The van der Waals surface area contributed by atoms with Crippen molar-refractivity contribution in [2.75, 3.05) is 20.1 Å². The van der Waals surface area contributed by atoms with E-state index in [9.17, 15) is 0 Å². The Balaban J connectivity index is 0.00000400. The molecular formula is C14H29IN6. The molecule has 0 bridgehead atoms. The Hall–Kier alpha value is -0.860. The van der Waals surface area contributed by atoms with E-state index in [0.717, 1.165) is 37.8 Å². The maximum absolute atomic E-state index is 4.24. The molecule has 0 unspecified atom stereocenters.